The molecule has 0 aliphatic heterocycles. The molecule has 0 aliphatic rings. The maximum Gasteiger partial charge on any atom is 0.220 e. The molecule has 0 saturated heterocycles. The Morgan fingerprint density at radius 3 is 2.75 bits per heavy atom. The molecule has 0 spiro atoms. The molecule has 1 heterocycles. The van der Waals surface area contributed by atoms with Crippen molar-refractivity contribution in [1.82, 2.24) is 10.3 Å². The van der Waals surface area contributed by atoms with Crippen LogP contribution in [0.3, 0.4) is 0 Å². The Bertz CT molecular complexity index is 383. The maximum absolute atomic E-state index is 11.8. The summed E-state index contributed by atoms with van der Waals surface area (Å²) in [6.45, 7) is 5.39. The number of carbonyl (C=O) groups excluding carboxylic acids is 1. The zero-order valence-corrected chi connectivity index (χ0v) is 12.7. The molecule has 112 valence electrons. The normalized spacial score (nSPS) is 12.2. The Balaban J connectivity index is 2.27. The van der Waals surface area contributed by atoms with Gasteiger partial charge in [0.1, 0.15) is 0 Å². The van der Waals surface area contributed by atoms with Crippen molar-refractivity contribution in [1.29, 1.82) is 0 Å². The first kappa shape index (κ1) is 16.6. The molecule has 0 aromatic carbocycles. The van der Waals surface area contributed by atoms with Crippen molar-refractivity contribution in [3.8, 4) is 0 Å². The van der Waals surface area contributed by atoms with E-state index in [4.69, 9.17) is 5.73 Å². The van der Waals surface area contributed by atoms with E-state index in [1.165, 1.54) is 0 Å². The lowest BCUT2D eigenvalue weighted by atomic mass is 9.94. The second-order valence-corrected chi connectivity index (χ2v) is 5.36. The van der Waals surface area contributed by atoms with E-state index in [-0.39, 0.29) is 5.91 Å². The molecule has 0 saturated carbocycles. The Labute approximate surface area is 122 Å². The number of hydrogen-bond acceptors (Lipinski definition) is 3. The summed E-state index contributed by atoms with van der Waals surface area (Å²) in [6, 6.07) is 3.96. The Kier molecular flexibility index (Phi) is 7.88. The molecule has 1 aromatic heterocycles. The fraction of sp³-hybridized carbons (Fsp3) is 0.625. The summed E-state index contributed by atoms with van der Waals surface area (Å²) < 4.78 is 0. The molecule has 4 heteroatoms. The van der Waals surface area contributed by atoms with Gasteiger partial charge in [-0.25, -0.2) is 0 Å². The number of amides is 1. The lowest BCUT2D eigenvalue weighted by Gasteiger charge is -2.14. The number of pyridine rings is 1. The van der Waals surface area contributed by atoms with Gasteiger partial charge in [0.05, 0.1) is 0 Å². The number of aryl methyl sites for hydroxylation is 1. The number of aromatic nitrogens is 1. The van der Waals surface area contributed by atoms with Crippen LogP contribution in [0.5, 0.6) is 0 Å². The van der Waals surface area contributed by atoms with Crippen LogP contribution >= 0.6 is 0 Å². The van der Waals surface area contributed by atoms with E-state index in [1.807, 2.05) is 25.3 Å². The largest absolute Gasteiger partial charge is 0.352 e. The molecule has 1 aromatic rings. The van der Waals surface area contributed by atoms with Crippen molar-refractivity contribution in [2.75, 3.05) is 6.54 Å². The highest BCUT2D eigenvalue weighted by atomic mass is 16.1. The summed E-state index contributed by atoms with van der Waals surface area (Å²) in [7, 11) is 0. The predicted octanol–water partition coefficient (Wildman–Crippen LogP) is 2.55. The van der Waals surface area contributed by atoms with Crippen molar-refractivity contribution < 1.29 is 4.79 Å². The lowest BCUT2D eigenvalue weighted by Crippen LogP contribution is -2.23. The van der Waals surface area contributed by atoms with Crippen molar-refractivity contribution in [2.45, 2.75) is 52.5 Å². The summed E-state index contributed by atoms with van der Waals surface area (Å²) in [5.41, 5.74) is 7.63. The van der Waals surface area contributed by atoms with Gasteiger partial charge < -0.3 is 11.1 Å². The average molecular weight is 277 g/mol. The van der Waals surface area contributed by atoms with Crippen LogP contribution in [0, 0.1) is 12.8 Å². The number of nitrogens with one attached hydrogen (secondary N) is 1. The van der Waals surface area contributed by atoms with Crippen LogP contribution in [-0.2, 0) is 11.3 Å². The van der Waals surface area contributed by atoms with Gasteiger partial charge in [0.25, 0.3) is 0 Å². The van der Waals surface area contributed by atoms with Gasteiger partial charge in [-0.1, -0.05) is 25.8 Å². The zero-order valence-electron chi connectivity index (χ0n) is 12.7. The molecule has 3 N–H and O–H groups in total. The van der Waals surface area contributed by atoms with Crippen LogP contribution in [0.2, 0.25) is 0 Å². The smallest absolute Gasteiger partial charge is 0.220 e. The molecular formula is C16H27N3O. The van der Waals surface area contributed by atoms with Gasteiger partial charge in [0.15, 0.2) is 0 Å². The van der Waals surface area contributed by atoms with Gasteiger partial charge in [-0.3, -0.25) is 9.78 Å². The van der Waals surface area contributed by atoms with Gasteiger partial charge in [-0.05, 0) is 43.9 Å². The Morgan fingerprint density at radius 1 is 1.35 bits per heavy atom. The summed E-state index contributed by atoms with van der Waals surface area (Å²) in [4.78, 5) is 16.0. The highest BCUT2D eigenvalue weighted by Crippen LogP contribution is 2.16. The van der Waals surface area contributed by atoms with Crippen molar-refractivity contribution in [3.63, 3.8) is 0 Å². The summed E-state index contributed by atoms with van der Waals surface area (Å²) >= 11 is 0. The number of hydrogen-bond donors (Lipinski definition) is 2. The Hall–Kier alpha value is -1.42. The third-order valence-electron chi connectivity index (χ3n) is 3.51. The van der Waals surface area contributed by atoms with Crippen LogP contribution in [0.4, 0.5) is 0 Å². The molecule has 0 aliphatic carbocycles. The molecule has 4 nitrogen and oxygen atoms in total. The van der Waals surface area contributed by atoms with Crippen LogP contribution < -0.4 is 11.1 Å². The lowest BCUT2D eigenvalue weighted by molar-refractivity contribution is -0.121. The topological polar surface area (TPSA) is 68.0 Å². The predicted molar refractivity (Wildman–Crippen MR) is 82.1 cm³/mol. The Morgan fingerprint density at radius 2 is 2.15 bits per heavy atom. The van der Waals surface area contributed by atoms with E-state index in [0.29, 0.717) is 25.4 Å². The number of nitrogens with two attached hydrogens (primary N) is 1. The fourth-order valence-corrected chi connectivity index (χ4v) is 2.30. The molecule has 1 rings (SSSR count). The van der Waals surface area contributed by atoms with Crippen molar-refractivity contribution in [3.05, 3.63) is 29.6 Å². The zero-order chi connectivity index (χ0) is 14.8. The molecule has 1 atom stereocenters. The molecular weight excluding hydrogens is 250 g/mol. The molecule has 0 radical (unpaired) electrons. The van der Waals surface area contributed by atoms with Gasteiger partial charge >= 0.3 is 0 Å². The van der Waals surface area contributed by atoms with E-state index >= 15 is 0 Å². The monoisotopic (exact) mass is 277 g/mol. The van der Waals surface area contributed by atoms with Crippen LogP contribution in [0.15, 0.2) is 18.3 Å². The third-order valence-corrected chi connectivity index (χ3v) is 3.51. The second kappa shape index (κ2) is 9.48. The first-order valence-corrected chi connectivity index (χ1v) is 7.54. The first-order chi connectivity index (χ1) is 9.65. The van der Waals surface area contributed by atoms with Crippen molar-refractivity contribution >= 4 is 5.91 Å². The standard InChI is InChI=1S/C16H27N3O/c1-3-4-14(9-10-17)7-8-16(20)19-12-15-6-5-13(2)18-11-15/h5-6,11,14H,3-4,7-10,12,17H2,1-2H3,(H,19,20). The highest BCUT2D eigenvalue weighted by Gasteiger charge is 2.10. The molecule has 1 unspecified atom stereocenters. The SMILES string of the molecule is CCCC(CCN)CCC(=O)NCc1ccc(C)nc1. The quantitative estimate of drug-likeness (QED) is 0.729. The van der Waals surface area contributed by atoms with Crippen LogP contribution in [0.1, 0.15) is 50.3 Å². The number of rotatable bonds is 9. The maximum atomic E-state index is 11.8. The van der Waals surface area contributed by atoms with E-state index in [2.05, 4.69) is 17.2 Å². The second-order valence-electron chi connectivity index (χ2n) is 5.36. The first-order valence-electron chi connectivity index (χ1n) is 7.54. The number of carbonyl (C=O) groups is 1. The third kappa shape index (κ3) is 6.66. The van der Waals surface area contributed by atoms with E-state index in [0.717, 1.165) is 36.9 Å². The van der Waals surface area contributed by atoms with Crippen LogP contribution in [-0.4, -0.2) is 17.4 Å². The van der Waals surface area contributed by atoms with Gasteiger partial charge in [0.2, 0.25) is 5.91 Å². The number of nitrogens with zero attached hydrogens (tertiary/aromatic N) is 1. The minimum atomic E-state index is 0.115. The molecule has 1 amide bonds. The minimum Gasteiger partial charge on any atom is -0.352 e. The van der Waals surface area contributed by atoms with Gasteiger partial charge in [-0.15, -0.1) is 0 Å². The van der Waals surface area contributed by atoms with Crippen molar-refractivity contribution in [2.24, 2.45) is 11.7 Å². The molecule has 0 fully saturated rings. The van der Waals surface area contributed by atoms with E-state index in [9.17, 15) is 4.79 Å². The molecule has 0 bridgehead atoms. The van der Waals surface area contributed by atoms with Crippen LogP contribution in [0.25, 0.3) is 0 Å². The fourth-order valence-electron chi connectivity index (χ4n) is 2.30. The molecule has 20 heavy (non-hydrogen) atoms. The van der Waals surface area contributed by atoms with Gasteiger partial charge in [-0.2, -0.15) is 0 Å². The summed E-state index contributed by atoms with van der Waals surface area (Å²) in [6.07, 6.45) is 6.66. The van der Waals surface area contributed by atoms with Gasteiger partial charge in [0, 0.05) is 24.9 Å². The average Bonchev–Trinajstić information content (AvgIpc) is 2.44. The summed E-state index contributed by atoms with van der Waals surface area (Å²) in [5, 5.41) is 2.95. The highest BCUT2D eigenvalue weighted by molar-refractivity contribution is 5.75. The summed E-state index contributed by atoms with van der Waals surface area (Å²) in [5.74, 6) is 0.695. The van der Waals surface area contributed by atoms with E-state index in [1.54, 1.807) is 0 Å². The van der Waals surface area contributed by atoms with E-state index < -0.39 is 0 Å². The minimum absolute atomic E-state index is 0.115.